The fraction of sp³-hybridized carbons (Fsp3) is 0.923. The van der Waals surface area contributed by atoms with Gasteiger partial charge in [0.1, 0.15) is 13.2 Å². The summed E-state index contributed by atoms with van der Waals surface area (Å²) < 4.78 is 17.0. The maximum Gasteiger partial charge on any atom is 0.306 e. The molecule has 6 heteroatoms. The van der Waals surface area contributed by atoms with E-state index in [1.54, 1.807) is 0 Å². The Labute approximate surface area is 443 Å². The molecule has 0 aliphatic heterocycles. The highest BCUT2D eigenvalue weighted by Crippen LogP contribution is 2.18. The summed E-state index contributed by atoms with van der Waals surface area (Å²) in [6, 6.07) is 0. The number of hydrogen-bond acceptors (Lipinski definition) is 6. The highest BCUT2D eigenvalue weighted by Gasteiger charge is 2.19. The largest absolute Gasteiger partial charge is 0.462 e. The van der Waals surface area contributed by atoms with E-state index in [2.05, 4.69) is 32.9 Å². The van der Waals surface area contributed by atoms with Crippen molar-refractivity contribution in [1.29, 1.82) is 0 Å². The average molecular weight is 1000 g/mol. The van der Waals surface area contributed by atoms with Gasteiger partial charge >= 0.3 is 17.9 Å². The Morgan fingerprint density at radius 2 is 0.465 bits per heavy atom. The van der Waals surface area contributed by atoms with Gasteiger partial charge in [-0.15, -0.1) is 0 Å². The Morgan fingerprint density at radius 1 is 0.268 bits per heavy atom. The minimum atomic E-state index is -0.767. The molecular formula is C65H124O6. The third-order valence-electron chi connectivity index (χ3n) is 14.8. The molecule has 0 saturated heterocycles. The SMILES string of the molecule is CCCCCC/C=C\CCCCCCCCCC(=O)OCC(COC(=O)CCCCCCCCCCCCCCCCCCCCC)OC(=O)CCCCCCCCCCCCCCCCCCCCC. The van der Waals surface area contributed by atoms with Crippen LogP contribution in [0.4, 0.5) is 0 Å². The van der Waals surface area contributed by atoms with E-state index in [0.717, 1.165) is 57.8 Å². The van der Waals surface area contributed by atoms with Crippen LogP contribution in [0.15, 0.2) is 12.2 Å². The number of hydrogen-bond donors (Lipinski definition) is 0. The summed E-state index contributed by atoms with van der Waals surface area (Å²) in [4.78, 5) is 38.3. The molecule has 0 aromatic heterocycles. The van der Waals surface area contributed by atoms with Gasteiger partial charge in [0.25, 0.3) is 0 Å². The van der Waals surface area contributed by atoms with Crippen molar-refractivity contribution in [2.24, 2.45) is 0 Å². The molecule has 1 unspecified atom stereocenters. The second-order valence-corrected chi connectivity index (χ2v) is 22.0. The van der Waals surface area contributed by atoms with E-state index in [4.69, 9.17) is 14.2 Å². The van der Waals surface area contributed by atoms with Crippen molar-refractivity contribution >= 4 is 17.9 Å². The minimum Gasteiger partial charge on any atom is -0.462 e. The lowest BCUT2D eigenvalue weighted by Crippen LogP contribution is -2.30. The van der Waals surface area contributed by atoms with Crippen molar-refractivity contribution in [3.8, 4) is 0 Å². The summed E-state index contributed by atoms with van der Waals surface area (Å²) in [5.41, 5.74) is 0. The van der Waals surface area contributed by atoms with E-state index in [1.165, 1.54) is 270 Å². The lowest BCUT2D eigenvalue weighted by atomic mass is 10.0. The molecule has 71 heavy (non-hydrogen) atoms. The molecule has 0 rings (SSSR count). The monoisotopic (exact) mass is 1000 g/mol. The standard InChI is InChI=1S/C65H124O6/c1-4-7-10-13-16-19-22-25-28-30-32-34-37-40-43-46-49-52-55-58-64(67)70-61-62(60-69-63(66)57-54-51-48-45-42-39-36-27-24-21-18-15-12-9-6-3)71-65(68)59-56-53-50-47-44-41-38-35-33-31-29-26-23-20-17-14-11-8-5-2/h21,24,62H,4-20,22-23,25-61H2,1-3H3/b24-21-. The molecule has 1 atom stereocenters. The Balaban J connectivity index is 4.29. The fourth-order valence-corrected chi connectivity index (χ4v) is 9.91. The Bertz CT molecular complexity index is 1100. The van der Waals surface area contributed by atoms with Crippen molar-refractivity contribution in [1.82, 2.24) is 0 Å². The quantitative estimate of drug-likeness (QED) is 0.0261. The topological polar surface area (TPSA) is 78.9 Å². The van der Waals surface area contributed by atoms with Gasteiger partial charge in [0, 0.05) is 19.3 Å². The van der Waals surface area contributed by atoms with E-state index in [1.807, 2.05) is 0 Å². The fourth-order valence-electron chi connectivity index (χ4n) is 9.91. The van der Waals surface area contributed by atoms with E-state index in [0.29, 0.717) is 19.3 Å². The molecule has 0 radical (unpaired) electrons. The molecule has 0 aliphatic rings. The van der Waals surface area contributed by atoms with Gasteiger partial charge in [-0.3, -0.25) is 14.4 Å². The first-order valence-corrected chi connectivity index (χ1v) is 32.2. The van der Waals surface area contributed by atoms with E-state index >= 15 is 0 Å². The first-order chi connectivity index (χ1) is 35.0. The maximum atomic E-state index is 12.9. The van der Waals surface area contributed by atoms with Crippen LogP contribution in [-0.2, 0) is 28.6 Å². The number of ether oxygens (including phenoxy) is 3. The number of carbonyl (C=O) groups excluding carboxylic acids is 3. The highest BCUT2D eigenvalue weighted by molar-refractivity contribution is 5.71. The van der Waals surface area contributed by atoms with Gasteiger partial charge in [0.05, 0.1) is 0 Å². The predicted octanol–water partition coefficient (Wildman–Crippen LogP) is 21.7. The molecule has 0 bridgehead atoms. The number of unbranched alkanes of at least 4 members (excludes halogenated alkanes) is 47. The Kier molecular flexibility index (Phi) is 59.1. The molecule has 0 spiro atoms. The van der Waals surface area contributed by atoms with Crippen LogP contribution in [0.1, 0.15) is 367 Å². The third kappa shape index (κ3) is 58.9. The van der Waals surface area contributed by atoms with Gasteiger partial charge in [-0.2, -0.15) is 0 Å². The average Bonchev–Trinajstić information content (AvgIpc) is 3.37. The second kappa shape index (κ2) is 60.7. The summed E-state index contributed by atoms with van der Waals surface area (Å²) in [6.07, 6.45) is 70.7. The lowest BCUT2D eigenvalue weighted by Gasteiger charge is -2.18. The second-order valence-electron chi connectivity index (χ2n) is 22.0. The first kappa shape index (κ1) is 69.2. The highest BCUT2D eigenvalue weighted by atomic mass is 16.6. The molecule has 0 amide bonds. The van der Waals surface area contributed by atoms with Crippen molar-refractivity contribution in [2.75, 3.05) is 13.2 Å². The maximum absolute atomic E-state index is 12.9. The van der Waals surface area contributed by atoms with Crippen LogP contribution in [0.2, 0.25) is 0 Å². The Morgan fingerprint density at radius 3 is 0.718 bits per heavy atom. The summed E-state index contributed by atoms with van der Waals surface area (Å²) in [5, 5.41) is 0. The number of rotatable bonds is 60. The van der Waals surface area contributed by atoms with Crippen molar-refractivity contribution < 1.29 is 28.6 Å². The summed E-state index contributed by atoms with van der Waals surface area (Å²) >= 11 is 0. The summed E-state index contributed by atoms with van der Waals surface area (Å²) in [5.74, 6) is -0.838. The van der Waals surface area contributed by atoms with Gasteiger partial charge in [0.2, 0.25) is 0 Å². The first-order valence-electron chi connectivity index (χ1n) is 32.2. The number of carbonyl (C=O) groups is 3. The number of allylic oxidation sites excluding steroid dienone is 2. The molecule has 0 fully saturated rings. The van der Waals surface area contributed by atoms with Gasteiger partial charge in [-0.05, 0) is 44.9 Å². The zero-order chi connectivity index (χ0) is 51.4. The van der Waals surface area contributed by atoms with Crippen molar-refractivity contribution in [3.05, 3.63) is 12.2 Å². The molecule has 0 aromatic carbocycles. The van der Waals surface area contributed by atoms with Crippen LogP contribution in [-0.4, -0.2) is 37.2 Å². The zero-order valence-electron chi connectivity index (χ0n) is 48.3. The van der Waals surface area contributed by atoms with Crippen LogP contribution in [0.3, 0.4) is 0 Å². The van der Waals surface area contributed by atoms with Crippen LogP contribution >= 0.6 is 0 Å². The van der Waals surface area contributed by atoms with Gasteiger partial charge in [0.15, 0.2) is 6.10 Å². The molecular weight excluding hydrogens is 877 g/mol. The molecule has 0 heterocycles. The molecule has 0 aliphatic carbocycles. The minimum absolute atomic E-state index is 0.0646. The van der Waals surface area contributed by atoms with Gasteiger partial charge in [-0.1, -0.05) is 315 Å². The van der Waals surface area contributed by atoms with Crippen molar-refractivity contribution in [2.45, 2.75) is 374 Å². The smallest absolute Gasteiger partial charge is 0.306 e. The van der Waals surface area contributed by atoms with Crippen LogP contribution in [0.5, 0.6) is 0 Å². The summed E-state index contributed by atoms with van der Waals surface area (Å²) in [7, 11) is 0. The van der Waals surface area contributed by atoms with Crippen LogP contribution < -0.4 is 0 Å². The third-order valence-corrected chi connectivity index (χ3v) is 14.8. The molecule has 0 aromatic rings. The van der Waals surface area contributed by atoms with Crippen LogP contribution in [0.25, 0.3) is 0 Å². The van der Waals surface area contributed by atoms with E-state index < -0.39 is 6.10 Å². The molecule has 6 nitrogen and oxygen atoms in total. The zero-order valence-corrected chi connectivity index (χ0v) is 48.3. The summed E-state index contributed by atoms with van der Waals surface area (Å²) in [6.45, 7) is 6.71. The number of esters is 3. The normalized spacial score (nSPS) is 12.0. The van der Waals surface area contributed by atoms with E-state index in [9.17, 15) is 14.4 Å². The Hall–Kier alpha value is -1.85. The molecule has 0 saturated carbocycles. The van der Waals surface area contributed by atoms with Crippen molar-refractivity contribution in [3.63, 3.8) is 0 Å². The predicted molar refractivity (Wildman–Crippen MR) is 307 cm³/mol. The molecule has 0 N–H and O–H groups in total. The lowest BCUT2D eigenvalue weighted by molar-refractivity contribution is -0.167. The van der Waals surface area contributed by atoms with Gasteiger partial charge in [-0.25, -0.2) is 0 Å². The van der Waals surface area contributed by atoms with E-state index in [-0.39, 0.29) is 31.1 Å². The van der Waals surface area contributed by atoms with Gasteiger partial charge < -0.3 is 14.2 Å². The van der Waals surface area contributed by atoms with Crippen LogP contribution in [0, 0.1) is 0 Å². The molecule has 420 valence electrons.